The van der Waals surface area contributed by atoms with Crippen LogP contribution < -0.4 is 92.1 Å². The summed E-state index contributed by atoms with van der Waals surface area (Å²) in [6.07, 6.45) is -0.643. The number of hydrogen-bond acceptors (Lipinski definition) is 21. The van der Waals surface area contributed by atoms with Crippen LogP contribution in [0.3, 0.4) is 0 Å². The molecule has 0 saturated heterocycles. The number of H-pyrrole nitrogens is 1. The first-order chi connectivity index (χ1) is 49.4. The lowest BCUT2D eigenvalue weighted by atomic mass is 9.96. The van der Waals surface area contributed by atoms with Crippen LogP contribution in [0.1, 0.15) is 112 Å². The zero-order chi connectivity index (χ0) is 79.0. The van der Waals surface area contributed by atoms with Gasteiger partial charge in [0.2, 0.25) is 76.8 Å². The normalized spacial score (nSPS) is 15.1. The number of benzene rings is 2. The summed E-state index contributed by atoms with van der Waals surface area (Å²) in [4.78, 5) is 206. The molecule has 2 aromatic carbocycles. The van der Waals surface area contributed by atoms with Crippen molar-refractivity contribution < 1.29 is 92.3 Å². The van der Waals surface area contributed by atoms with Crippen molar-refractivity contribution in [3.63, 3.8) is 0 Å². The molecule has 105 heavy (non-hydrogen) atoms. The molecule has 1 aromatic heterocycles. The molecule has 3 aromatic rings. The molecular formula is C68H106N18O19. The maximum absolute atomic E-state index is 14.5. The summed E-state index contributed by atoms with van der Waals surface area (Å²) in [6.45, 7) is 10.3. The number of aliphatic carboxylic acids is 2. The van der Waals surface area contributed by atoms with E-state index < -0.39 is 217 Å². The Morgan fingerprint density at radius 3 is 1.34 bits per heavy atom. The molecule has 3 rings (SSSR count). The third kappa shape index (κ3) is 29.1. The minimum atomic E-state index is -1.88. The third-order valence-electron chi connectivity index (χ3n) is 16.9. The molecule has 0 saturated carbocycles. The molecule has 13 amide bonds. The van der Waals surface area contributed by atoms with Gasteiger partial charge in [0, 0.05) is 36.4 Å². The zero-order valence-corrected chi connectivity index (χ0v) is 60.6. The Labute approximate surface area is 607 Å². The lowest BCUT2D eigenvalue weighted by Crippen LogP contribution is -2.62. The molecule has 582 valence electrons. The van der Waals surface area contributed by atoms with Crippen molar-refractivity contribution in [3.8, 4) is 0 Å². The second kappa shape index (κ2) is 43.8. The second-order valence-electron chi connectivity index (χ2n) is 26.6. The van der Waals surface area contributed by atoms with Crippen LogP contribution in [-0.4, -0.2) is 232 Å². The first-order valence-corrected chi connectivity index (χ1v) is 34.5. The number of amides is 13. The maximum atomic E-state index is 14.5. The molecule has 37 nitrogen and oxygen atoms in total. The Morgan fingerprint density at radius 2 is 0.857 bits per heavy atom. The maximum Gasteiger partial charge on any atom is 0.325 e. The number of aromatic nitrogens is 1. The number of carboxylic acids is 2. The van der Waals surface area contributed by atoms with Crippen LogP contribution in [-0.2, 0) is 84.8 Å². The lowest BCUT2D eigenvalue weighted by Gasteiger charge is -2.30. The number of nitrogens with one attached hydrogen (secondary N) is 14. The molecule has 0 bridgehead atoms. The van der Waals surface area contributed by atoms with Crippen molar-refractivity contribution in [2.24, 2.45) is 40.7 Å². The van der Waals surface area contributed by atoms with Crippen LogP contribution in [0.2, 0.25) is 0 Å². The van der Waals surface area contributed by atoms with Gasteiger partial charge in [-0.3, -0.25) is 71.9 Å². The van der Waals surface area contributed by atoms with E-state index in [0.717, 1.165) is 0 Å². The molecule has 26 N–H and O–H groups in total. The molecule has 0 aliphatic carbocycles. The van der Waals surface area contributed by atoms with Gasteiger partial charge >= 0.3 is 11.9 Å². The molecule has 13 atom stereocenters. The molecule has 0 aliphatic rings. The van der Waals surface area contributed by atoms with Crippen molar-refractivity contribution >= 4 is 99.6 Å². The van der Waals surface area contributed by atoms with Gasteiger partial charge < -0.3 is 117 Å². The Balaban J connectivity index is 1.87. The van der Waals surface area contributed by atoms with E-state index in [1.807, 2.05) is 0 Å². The Morgan fingerprint density at radius 1 is 0.457 bits per heavy atom. The number of fused-ring (bicyclic) bond motifs is 1. The highest BCUT2D eigenvalue weighted by molar-refractivity contribution is 6.00. The third-order valence-corrected chi connectivity index (χ3v) is 16.9. The predicted octanol–water partition coefficient (Wildman–Crippen LogP) is -6.02. The number of carbonyl (C=O) groups is 15. The van der Waals surface area contributed by atoms with Crippen LogP contribution in [0.5, 0.6) is 0 Å². The zero-order valence-electron chi connectivity index (χ0n) is 60.6. The van der Waals surface area contributed by atoms with Gasteiger partial charge in [-0.15, -0.1) is 0 Å². The number of hydrogen-bond donors (Lipinski definition) is 22. The van der Waals surface area contributed by atoms with E-state index >= 15 is 0 Å². The Bertz CT molecular complexity index is 3480. The number of aromatic amines is 1. The number of nitrogens with two attached hydrogens (primary N) is 4. The topological polar surface area (TPSA) is 613 Å². The van der Waals surface area contributed by atoms with Gasteiger partial charge in [-0.25, -0.2) is 0 Å². The fourth-order valence-electron chi connectivity index (χ4n) is 10.4. The number of aliphatic hydroxyl groups excluding tert-OH is 2. The minimum Gasteiger partial charge on any atom is -0.481 e. The highest BCUT2D eigenvalue weighted by atomic mass is 16.4. The quantitative estimate of drug-likeness (QED) is 0.0250. The van der Waals surface area contributed by atoms with Crippen LogP contribution in [0.15, 0.2) is 60.8 Å². The van der Waals surface area contributed by atoms with E-state index in [-0.39, 0.29) is 51.7 Å². The number of aliphatic hydroxyl groups is 2. The highest BCUT2D eigenvalue weighted by Gasteiger charge is 2.39. The minimum absolute atomic E-state index is 0.101. The van der Waals surface area contributed by atoms with Gasteiger partial charge in [0.25, 0.3) is 0 Å². The average molecular weight is 1480 g/mol. The first-order valence-electron chi connectivity index (χ1n) is 34.5. The smallest absolute Gasteiger partial charge is 0.325 e. The van der Waals surface area contributed by atoms with Gasteiger partial charge in [0.15, 0.2) is 0 Å². The van der Waals surface area contributed by atoms with E-state index in [4.69, 9.17) is 22.9 Å². The largest absolute Gasteiger partial charge is 0.481 e. The predicted molar refractivity (Wildman–Crippen MR) is 381 cm³/mol. The van der Waals surface area contributed by atoms with Crippen molar-refractivity contribution in [1.82, 2.24) is 74.1 Å². The van der Waals surface area contributed by atoms with Crippen LogP contribution in [0.4, 0.5) is 0 Å². The molecule has 0 aliphatic heterocycles. The van der Waals surface area contributed by atoms with E-state index in [1.54, 1.807) is 96.1 Å². The monoisotopic (exact) mass is 1480 g/mol. The summed E-state index contributed by atoms with van der Waals surface area (Å²) >= 11 is 0. The fourth-order valence-corrected chi connectivity index (χ4v) is 10.4. The van der Waals surface area contributed by atoms with Gasteiger partial charge in [-0.2, -0.15) is 0 Å². The SMILES string of the molecule is CC[C@H](C)[C@@H](NC(=O)[C@@H](NC(=O)[C@H](CCC(=O)O)NC(=O)[C@H](Cc1ccccc1)NC(=O)[C@@H](CCN)NC(=O)[C@H](CCN)NC(=O)[C@H](CO)NC(=O)[C@@H](Cc1c[nH]c2ccccc12)NC(=O)[C@@H](CO)NC(=O)CNC(=O)[C@@H](CCN)NC(=O)[C@H](NC(=O)C(C)(C)N)C(C)C)C(C)C)C(=O)N[C@@H](C)C(=O)O. The number of carboxylic acid groups (broad SMARTS) is 2. The Hall–Kier alpha value is -10.2. The van der Waals surface area contributed by atoms with Crippen molar-refractivity contribution in [1.29, 1.82) is 0 Å². The standard InChI is InChI=1S/C68H106N18O19/c1-10-36(6)54(65(102)75-37(7)66(103)104)85-64(101)52(34(2)3)84-58(95)42(20-21-51(90)91)77-59(96)46(28-38-16-12-11-13-17-38)81-57(94)45(24-27-71)78-56(93)44(23-26-70)79-62(99)49(33-88)83-60(97)47(29-39-30-73-41-19-15-14-18-40(39)41)82-61(98)48(32-87)76-50(89)31-74-55(92)43(22-25-69)80-63(100)53(35(4)5)86-67(105)68(8,9)72/h11-19,30,34-37,42-49,52-54,73,87-88H,10,20-29,31-33,69-72H2,1-9H3,(H,74,92)(H,75,102)(H,76,89)(H,77,96)(H,78,93)(H,79,99)(H,80,100)(H,81,94)(H,82,98)(H,83,97)(H,84,95)(H,85,101)(H,86,105)(H,90,91)(H,103,104)/t36-,37-,42-,43+,44-,45+,46-,47+,48+,49-,52-,53+,54+/m0/s1. The number of para-hydroxylation sites is 1. The summed E-state index contributed by atoms with van der Waals surface area (Å²) in [5, 5.41) is 72.6. The molecule has 1 heterocycles. The molecule has 37 heteroatoms. The van der Waals surface area contributed by atoms with Gasteiger partial charge in [0.05, 0.1) is 25.3 Å². The Kier molecular flexibility index (Phi) is 37.1. The summed E-state index contributed by atoms with van der Waals surface area (Å²) in [6, 6.07) is -3.18. The molecule has 0 radical (unpaired) electrons. The van der Waals surface area contributed by atoms with Crippen LogP contribution >= 0.6 is 0 Å². The second-order valence-corrected chi connectivity index (χ2v) is 26.6. The fraction of sp³-hybridized carbons (Fsp3) is 0.574. The molecule has 0 fully saturated rings. The van der Waals surface area contributed by atoms with Gasteiger partial charge in [-0.1, -0.05) is 96.5 Å². The number of rotatable bonds is 46. The summed E-state index contributed by atoms with van der Waals surface area (Å²) in [5.41, 5.74) is 23.7. The lowest BCUT2D eigenvalue weighted by molar-refractivity contribution is -0.142. The first kappa shape index (κ1) is 89.0. The van der Waals surface area contributed by atoms with Crippen molar-refractivity contribution in [2.45, 2.75) is 192 Å². The summed E-state index contributed by atoms with van der Waals surface area (Å²) in [7, 11) is 0. The highest BCUT2D eigenvalue weighted by Crippen LogP contribution is 2.20. The van der Waals surface area contributed by atoms with E-state index in [9.17, 15) is 92.3 Å². The van der Waals surface area contributed by atoms with Gasteiger partial charge in [-0.05, 0) is 101 Å². The summed E-state index contributed by atoms with van der Waals surface area (Å²) < 4.78 is 0. The molecular weight excluding hydrogens is 1370 g/mol. The summed E-state index contributed by atoms with van der Waals surface area (Å²) in [5.74, 6) is -16.9. The number of carbonyl (C=O) groups excluding carboxylic acids is 13. The average Bonchev–Trinajstić information content (AvgIpc) is 1.75. The van der Waals surface area contributed by atoms with E-state index in [2.05, 4.69) is 74.1 Å². The van der Waals surface area contributed by atoms with Gasteiger partial charge in [0.1, 0.15) is 72.5 Å². The molecule has 0 unspecified atom stereocenters. The van der Waals surface area contributed by atoms with E-state index in [0.29, 0.717) is 28.5 Å². The van der Waals surface area contributed by atoms with Crippen LogP contribution in [0, 0.1) is 17.8 Å². The molecule has 0 spiro atoms. The van der Waals surface area contributed by atoms with E-state index in [1.165, 1.54) is 27.0 Å². The van der Waals surface area contributed by atoms with Crippen LogP contribution in [0.25, 0.3) is 10.9 Å². The van der Waals surface area contributed by atoms with Crippen molar-refractivity contribution in [2.75, 3.05) is 39.4 Å². The van der Waals surface area contributed by atoms with Crippen molar-refractivity contribution in [3.05, 3.63) is 71.9 Å².